The fourth-order valence-electron chi connectivity index (χ4n) is 2.40. The molecule has 0 saturated heterocycles. The molecule has 0 aliphatic heterocycles. The van der Waals surface area contributed by atoms with Gasteiger partial charge in [0.15, 0.2) is 10.3 Å². The Labute approximate surface area is 185 Å². The monoisotopic (exact) mass is 442 g/mol. The van der Waals surface area contributed by atoms with Crippen molar-refractivity contribution in [2.45, 2.75) is 37.5 Å². The zero-order valence-electron chi connectivity index (χ0n) is 17.8. The summed E-state index contributed by atoms with van der Waals surface area (Å²) >= 11 is 2.94. The minimum Gasteiger partial charge on any atom is -0.442 e. The van der Waals surface area contributed by atoms with Crippen LogP contribution in [0.5, 0.6) is 0 Å². The zero-order chi connectivity index (χ0) is 21.9. The van der Waals surface area contributed by atoms with Crippen molar-refractivity contribution in [2.24, 2.45) is 0 Å². The van der Waals surface area contributed by atoms with Crippen LogP contribution >= 0.6 is 23.5 Å². The summed E-state index contributed by atoms with van der Waals surface area (Å²) < 4.78 is 5.75. The van der Waals surface area contributed by atoms with Crippen LogP contribution in [-0.4, -0.2) is 32.4 Å². The van der Waals surface area contributed by atoms with E-state index in [0.717, 1.165) is 22.7 Å². The standard InChI is InChI=1S/C14H12N2OS.C6H8N2OS.C2H6/c1-18-14-15-9-11-8-12(17-13(11)16-14)7-10-5-3-2-4-6-10;1-4-3-7-6(10-2)8-5(4)9;1-2/h2-6,8-9H,7H2,1H3;3H,1-2H3,(H,7,8,9);1-2H3. The fourth-order valence-corrected chi connectivity index (χ4v) is 3.08. The van der Waals surface area contributed by atoms with Gasteiger partial charge in [-0.25, -0.2) is 9.97 Å². The number of furan rings is 1. The smallest absolute Gasteiger partial charge is 0.254 e. The van der Waals surface area contributed by atoms with Gasteiger partial charge in [-0.15, -0.1) is 0 Å². The lowest BCUT2D eigenvalue weighted by molar-refractivity contribution is 0.548. The normalized spacial score (nSPS) is 10.0. The fraction of sp³-hybridized carbons (Fsp3) is 0.273. The minimum absolute atomic E-state index is 0.0562. The van der Waals surface area contributed by atoms with Gasteiger partial charge in [-0.3, -0.25) is 4.79 Å². The van der Waals surface area contributed by atoms with Gasteiger partial charge in [-0.1, -0.05) is 67.7 Å². The number of benzene rings is 1. The molecule has 3 aromatic heterocycles. The summed E-state index contributed by atoms with van der Waals surface area (Å²) in [5, 5.41) is 2.36. The average molecular weight is 443 g/mol. The number of nitrogens with zero attached hydrogens (tertiary/aromatic N) is 3. The first-order valence-corrected chi connectivity index (χ1v) is 12.0. The van der Waals surface area contributed by atoms with Crippen molar-refractivity contribution < 1.29 is 4.42 Å². The lowest BCUT2D eigenvalue weighted by Gasteiger charge is -1.96. The summed E-state index contributed by atoms with van der Waals surface area (Å²) in [5.74, 6) is 0.920. The van der Waals surface area contributed by atoms with Gasteiger partial charge in [0.25, 0.3) is 5.56 Å². The molecule has 0 spiro atoms. The third kappa shape index (κ3) is 6.74. The molecule has 0 bridgehead atoms. The van der Waals surface area contributed by atoms with E-state index in [2.05, 4.69) is 32.1 Å². The molecule has 1 N–H and O–H groups in total. The highest BCUT2D eigenvalue weighted by molar-refractivity contribution is 7.98. The topological polar surface area (TPSA) is 84.7 Å². The highest BCUT2D eigenvalue weighted by Crippen LogP contribution is 2.21. The van der Waals surface area contributed by atoms with Gasteiger partial charge in [0, 0.05) is 24.4 Å². The van der Waals surface area contributed by atoms with Crippen LogP contribution in [0, 0.1) is 6.92 Å². The largest absolute Gasteiger partial charge is 0.442 e. The van der Waals surface area contributed by atoms with Crippen molar-refractivity contribution in [3.8, 4) is 0 Å². The zero-order valence-corrected chi connectivity index (χ0v) is 19.4. The van der Waals surface area contributed by atoms with Gasteiger partial charge in [-0.2, -0.15) is 4.98 Å². The first-order valence-electron chi connectivity index (χ1n) is 9.52. The van der Waals surface area contributed by atoms with Crippen LogP contribution in [0.3, 0.4) is 0 Å². The van der Waals surface area contributed by atoms with Gasteiger partial charge in [0.1, 0.15) is 5.76 Å². The summed E-state index contributed by atoms with van der Waals surface area (Å²) in [7, 11) is 0. The van der Waals surface area contributed by atoms with E-state index in [4.69, 9.17) is 4.42 Å². The van der Waals surface area contributed by atoms with Crippen LogP contribution in [0.1, 0.15) is 30.7 Å². The Kier molecular flexibility index (Phi) is 9.63. The van der Waals surface area contributed by atoms with Gasteiger partial charge in [0.2, 0.25) is 5.71 Å². The number of nitrogens with one attached hydrogen (secondary N) is 1. The molecule has 0 atom stereocenters. The van der Waals surface area contributed by atoms with E-state index < -0.39 is 0 Å². The van der Waals surface area contributed by atoms with Crippen LogP contribution in [0.2, 0.25) is 0 Å². The maximum Gasteiger partial charge on any atom is 0.254 e. The van der Waals surface area contributed by atoms with Crippen LogP contribution in [0.4, 0.5) is 0 Å². The molecule has 0 radical (unpaired) electrons. The predicted octanol–water partition coefficient (Wildman–Crippen LogP) is 5.36. The van der Waals surface area contributed by atoms with Gasteiger partial charge < -0.3 is 9.40 Å². The lowest BCUT2D eigenvalue weighted by Crippen LogP contribution is -2.10. The third-order valence-electron chi connectivity index (χ3n) is 3.85. The number of aromatic amines is 1. The molecular formula is C22H26N4O2S2. The predicted molar refractivity (Wildman–Crippen MR) is 126 cm³/mol. The summed E-state index contributed by atoms with van der Waals surface area (Å²) in [6.45, 7) is 5.73. The number of fused-ring (bicyclic) bond motifs is 1. The number of hydrogen-bond donors (Lipinski definition) is 1. The Morgan fingerprint density at radius 3 is 2.40 bits per heavy atom. The number of rotatable bonds is 4. The van der Waals surface area contributed by atoms with E-state index in [1.54, 1.807) is 13.1 Å². The van der Waals surface area contributed by atoms with Crippen molar-refractivity contribution in [1.82, 2.24) is 19.9 Å². The molecule has 6 nitrogen and oxygen atoms in total. The van der Waals surface area contributed by atoms with Gasteiger partial charge >= 0.3 is 0 Å². The summed E-state index contributed by atoms with van der Waals surface area (Å²) in [6.07, 6.45) is 7.99. The highest BCUT2D eigenvalue weighted by Gasteiger charge is 2.07. The SMILES string of the molecule is CC.CSc1ncc(C)c(=O)[nH]1.CSc1ncc2cc(Cc3ccccc3)oc2n1. The van der Waals surface area contributed by atoms with E-state index in [-0.39, 0.29) is 5.56 Å². The van der Waals surface area contributed by atoms with Crippen LogP contribution < -0.4 is 5.56 Å². The molecule has 30 heavy (non-hydrogen) atoms. The Morgan fingerprint density at radius 2 is 1.77 bits per heavy atom. The molecule has 0 aliphatic rings. The molecule has 0 unspecified atom stereocenters. The Bertz CT molecular complexity index is 1110. The number of thioether (sulfide) groups is 2. The molecule has 0 aliphatic carbocycles. The molecule has 0 fully saturated rings. The quantitative estimate of drug-likeness (QED) is 0.336. The van der Waals surface area contributed by atoms with Crippen LogP contribution in [0.25, 0.3) is 11.1 Å². The van der Waals surface area contributed by atoms with E-state index in [1.165, 1.54) is 29.1 Å². The minimum atomic E-state index is -0.0562. The highest BCUT2D eigenvalue weighted by atomic mass is 32.2. The van der Waals surface area contributed by atoms with E-state index in [9.17, 15) is 4.79 Å². The van der Waals surface area contributed by atoms with Crippen molar-refractivity contribution in [3.05, 3.63) is 76.0 Å². The molecule has 4 rings (SSSR count). The second-order valence-corrected chi connectivity index (χ2v) is 7.47. The van der Waals surface area contributed by atoms with Crippen molar-refractivity contribution >= 4 is 34.6 Å². The Morgan fingerprint density at radius 1 is 1.03 bits per heavy atom. The molecular weight excluding hydrogens is 416 g/mol. The maximum atomic E-state index is 10.9. The first kappa shape index (κ1) is 23.7. The number of aromatic nitrogens is 4. The third-order valence-corrected chi connectivity index (χ3v) is 5.01. The molecule has 1 aromatic carbocycles. The van der Waals surface area contributed by atoms with Gasteiger partial charge in [-0.05, 0) is 31.1 Å². The number of H-pyrrole nitrogens is 1. The van der Waals surface area contributed by atoms with Crippen LogP contribution in [0.15, 0.2) is 68.3 Å². The number of hydrogen-bond acceptors (Lipinski definition) is 7. The maximum absolute atomic E-state index is 10.9. The van der Waals surface area contributed by atoms with Crippen molar-refractivity contribution in [1.29, 1.82) is 0 Å². The van der Waals surface area contributed by atoms with E-state index in [1.807, 2.05) is 56.8 Å². The lowest BCUT2D eigenvalue weighted by atomic mass is 10.1. The molecule has 8 heteroatoms. The summed E-state index contributed by atoms with van der Waals surface area (Å²) in [5.41, 5.74) is 2.49. The second kappa shape index (κ2) is 12.2. The summed E-state index contributed by atoms with van der Waals surface area (Å²) in [6, 6.07) is 12.3. The van der Waals surface area contributed by atoms with Gasteiger partial charge in [0.05, 0.1) is 5.39 Å². The number of aryl methyl sites for hydroxylation is 1. The first-order chi connectivity index (χ1) is 14.6. The second-order valence-electron chi connectivity index (χ2n) is 5.90. The molecule has 158 valence electrons. The van der Waals surface area contributed by atoms with E-state index >= 15 is 0 Å². The van der Waals surface area contributed by atoms with E-state index in [0.29, 0.717) is 16.4 Å². The molecule has 4 aromatic rings. The Balaban J connectivity index is 0.000000228. The molecule has 3 heterocycles. The average Bonchev–Trinajstić information content (AvgIpc) is 3.19. The molecule has 0 saturated carbocycles. The van der Waals surface area contributed by atoms with Crippen LogP contribution in [-0.2, 0) is 6.42 Å². The van der Waals surface area contributed by atoms with Crippen molar-refractivity contribution in [3.63, 3.8) is 0 Å². The molecule has 0 amide bonds. The Hall–Kier alpha value is -2.58. The summed E-state index contributed by atoms with van der Waals surface area (Å²) in [4.78, 5) is 26.1. The van der Waals surface area contributed by atoms with Crippen molar-refractivity contribution in [2.75, 3.05) is 12.5 Å².